The molecule has 1 atom stereocenters. The highest BCUT2D eigenvalue weighted by Gasteiger charge is 2.35. The summed E-state index contributed by atoms with van der Waals surface area (Å²) in [5, 5.41) is 0. The van der Waals surface area contributed by atoms with Crippen molar-refractivity contribution in [1.82, 2.24) is 14.5 Å². The molecule has 0 aliphatic carbocycles. The molecule has 1 saturated heterocycles. The first kappa shape index (κ1) is 22.2. The van der Waals surface area contributed by atoms with E-state index in [0.717, 1.165) is 25.3 Å². The lowest BCUT2D eigenvalue weighted by atomic mass is 9.79. The van der Waals surface area contributed by atoms with E-state index in [4.69, 9.17) is 5.73 Å². The van der Waals surface area contributed by atoms with Crippen molar-refractivity contribution in [3.05, 3.63) is 18.2 Å². The van der Waals surface area contributed by atoms with Crippen molar-refractivity contribution >= 4 is 30.7 Å². The van der Waals surface area contributed by atoms with Gasteiger partial charge in [-0.15, -0.1) is 24.8 Å². The van der Waals surface area contributed by atoms with Crippen LogP contribution in [0.3, 0.4) is 0 Å². The summed E-state index contributed by atoms with van der Waals surface area (Å²) in [7, 11) is 0. The van der Waals surface area contributed by atoms with E-state index in [1.165, 1.54) is 0 Å². The van der Waals surface area contributed by atoms with Crippen molar-refractivity contribution in [3.8, 4) is 0 Å². The quantitative estimate of drug-likeness (QED) is 0.892. The molecule has 2 N–H and O–H groups in total. The molecule has 23 heavy (non-hydrogen) atoms. The summed E-state index contributed by atoms with van der Waals surface area (Å²) >= 11 is 0. The summed E-state index contributed by atoms with van der Waals surface area (Å²) < 4.78 is 2.09. The molecule has 5 nitrogen and oxygen atoms in total. The number of nitrogens with two attached hydrogens (primary N) is 1. The fourth-order valence-corrected chi connectivity index (χ4v) is 2.97. The maximum Gasteiger partial charge on any atom is 0.224 e. The van der Waals surface area contributed by atoms with Crippen LogP contribution in [0.1, 0.15) is 52.3 Å². The summed E-state index contributed by atoms with van der Waals surface area (Å²) in [6, 6.07) is 0.183. The second-order valence-corrected chi connectivity index (χ2v) is 7.08. The van der Waals surface area contributed by atoms with E-state index in [-0.39, 0.29) is 42.2 Å². The molecule has 1 aromatic heterocycles. The van der Waals surface area contributed by atoms with Crippen molar-refractivity contribution < 1.29 is 4.79 Å². The molecule has 0 saturated carbocycles. The molecule has 1 aromatic rings. The minimum atomic E-state index is 0. The first-order valence-electron chi connectivity index (χ1n) is 7.85. The number of aryl methyl sites for hydroxylation is 1. The number of likely N-dealkylation sites (tertiary alicyclic amines) is 1. The van der Waals surface area contributed by atoms with Crippen molar-refractivity contribution in [2.45, 2.75) is 59.0 Å². The summed E-state index contributed by atoms with van der Waals surface area (Å²) in [5.41, 5.74) is 6.13. The molecule has 1 aliphatic heterocycles. The SMILES string of the molecule is CC(C)c1nccn1CCC(=O)N1CCC(N)C(C)(C)C1.Cl.Cl. The van der Waals surface area contributed by atoms with Crippen LogP contribution in [-0.2, 0) is 11.3 Å². The van der Waals surface area contributed by atoms with E-state index in [2.05, 4.69) is 37.2 Å². The van der Waals surface area contributed by atoms with Gasteiger partial charge in [-0.1, -0.05) is 27.7 Å². The first-order valence-corrected chi connectivity index (χ1v) is 7.85. The highest BCUT2D eigenvalue weighted by atomic mass is 35.5. The third kappa shape index (κ3) is 5.37. The average Bonchev–Trinajstić information content (AvgIpc) is 2.87. The lowest BCUT2D eigenvalue weighted by Gasteiger charge is -2.42. The van der Waals surface area contributed by atoms with E-state index in [1.807, 2.05) is 17.3 Å². The third-order valence-electron chi connectivity index (χ3n) is 4.50. The van der Waals surface area contributed by atoms with Gasteiger partial charge in [0.2, 0.25) is 5.91 Å². The second kappa shape index (κ2) is 8.90. The van der Waals surface area contributed by atoms with Gasteiger partial charge in [0.05, 0.1) is 0 Å². The number of rotatable bonds is 4. The van der Waals surface area contributed by atoms with Crippen LogP contribution in [0.15, 0.2) is 12.4 Å². The number of carbonyl (C=O) groups is 1. The fraction of sp³-hybridized carbons (Fsp3) is 0.750. The number of halogens is 2. The Hall–Kier alpha value is -0.780. The van der Waals surface area contributed by atoms with E-state index in [0.29, 0.717) is 18.9 Å². The highest BCUT2D eigenvalue weighted by Crippen LogP contribution is 2.28. The van der Waals surface area contributed by atoms with Crippen molar-refractivity contribution in [3.63, 3.8) is 0 Å². The molecule has 1 unspecified atom stereocenters. The minimum Gasteiger partial charge on any atom is -0.342 e. The van der Waals surface area contributed by atoms with Crippen LogP contribution in [0.25, 0.3) is 0 Å². The van der Waals surface area contributed by atoms with Gasteiger partial charge in [-0.3, -0.25) is 4.79 Å². The maximum absolute atomic E-state index is 12.4. The van der Waals surface area contributed by atoms with Gasteiger partial charge in [-0.2, -0.15) is 0 Å². The lowest BCUT2D eigenvalue weighted by Crippen LogP contribution is -2.54. The number of imidazole rings is 1. The number of hydrogen-bond acceptors (Lipinski definition) is 3. The Labute approximate surface area is 151 Å². The van der Waals surface area contributed by atoms with Crippen LogP contribution in [0.4, 0.5) is 0 Å². The molecular formula is C16H30Cl2N4O. The zero-order valence-corrected chi connectivity index (χ0v) is 16.1. The van der Waals surface area contributed by atoms with Gasteiger partial charge in [0.25, 0.3) is 0 Å². The number of nitrogens with zero attached hydrogens (tertiary/aromatic N) is 3. The third-order valence-corrected chi connectivity index (χ3v) is 4.50. The van der Waals surface area contributed by atoms with E-state index in [1.54, 1.807) is 0 Å². The van der Waals surface area contributed by atoms with Gasteiger partial charge in [0, 0.05) is 50.4 Å². The Morgan fingerprint density at radius 2 is 2.09 bits per heavy atom. The molecule has 1 amide bonds. The number of piperidine rings is 1. The Morgan fingerprint density at radius 1 is 1.43 bits per heavy atom. The standard InChI is InChI=1S/C16H28N4O.2ClH/c1-12(2)15-18-7-10-19(15)9-6-14(21)20-8-5-13(17)16(3,4)11-20;;/h7,10,12-13H,5-6,8-9,11,17H2,1-4H3;2*1H. The lowest BCUT2D eigenvalue weighted by molar-refractivity contribution is -0.134. The normalized spacial score (nSPS) is 19.9. The minimum absolute atomic E-state index is 0. The average molecular weight is 365 g/mol. The largest absolute Gasteiger partial charge is 0.342 e. The van der Waals surface area contributed by atoms with E-state index >= 15 is 0 Å². The predicted octanol–water partition coefficient (Wildman–Crippen LogP) is 2.83. The highest BCUT2D eigenvalue weighted by molar-refractivity contribution is 5.85. The van der Waals surface area contributed by atoms with Crippen LogP contribution >= 0.6 is 24.8 Å². The summed E-state index contributed by atoms with van der Waals surface area (Å²) in [6.07, 6.45) is 5.18. The van der Waals surface area contributed by atoms with Gasteiger partial charge >= 0.3 is 0 Å². The van der Waals surface area contributed by atoms with Crippen LogP contribution < -0.4 is 5.73 Å². The van der Waals surface area contributed by atoms with E-state index in [9.17, 15) is 4.79 Å². The smallest absolute Gasteiger partial charge is 0.224 e. The molecule has 2 heterocycles. The number of carbonyl (C=O) groups excluding carboxylic acids is 1. The molecule has 134 valence electrons. The predicted molar refractivity (Wildman–Crippen MR) is 98.4 cm³/mol. The molecule has 0 aromatic carbocycles. The number of amides is 1. The molecule has 0 radical (unpaired) electrons. The van der Waals surface area contributed by atoms with Gasteiger partial charge in [-0.25, -0.2) is 4.98 Å². The molecule has 2 rings (SSSR count). The maximum atomic E-state index is 12.4. The Balaban J connectivity index is 0.00000242. The Kier molecular flexibility index (Phi) is 8.60. The van der Waals surface area contributed by atoms with Crippen molar-refractivity contribution in [1.29, 1.82) is 0 Å². The zero-order valence-electron chi connectivity index (χ0n) is 14.5. The van der Waals surface area contributed by atoms with Crippen LogP contribution in [-0.4, -0.2) is 39.5 Å². The van der Waals surface area contributed by atoms with Crippen LogP contribution in [0.5, 0.6) is 0 Å². The monoisotopic (exact) mass is 364 g/mol. The molecule has 7 heteroatoms. The fourth-order valence-electron chi connectivity index (χ4n) is 2.97. The Bertz CT molecular complexity index is 502. The van der Waals surface area contributed by atoms with Gasteiger partial charge in [-0.05, 0) is 11.8 Å². The molecule has 0 bridgehead atoms. The summed E-state index contributed by atoms with van der Waals surface area (Å²) in [6.45, 7) is 10.8. The van der Waals surface area contributed by atoms with E-state index < -0.39 is 0 Å². The van der Waals surface area contributed by atoms with Gasteiger partial charge in [0.15, 0.2) is 0 Å². The molecular weight excluding hydrogens is 335 g/mol. The Morgan fingerprint density at radius 3 is 2.65 bits per heavy atom. The van der Waals surface area contributed by atoms with Crippen molar-refractivity contribution in [2.75, 3.05) is 13.1 Å². The summed E-state index contributed by atoms with van der Waals surface area (Å²) in [5.74, 6) is 1.64. The molecule has 1 aliphatic rings. The molecule has 1 fully saturated rings. The number of hydrogen-bond donors (Lipinski definition) is 1. The number of aromatic nitrogens is 2. The zero-order chi connectivity index (χ0) is 15.6. The summed E-state index contributed by atoms with van der Waals surface area (Å²) in [4.78, 5) is 18.7. The van der Waals surface area contributed by atoms with Gasteiger partial charge in [0.1, 0.15) is 5.82 Å². The molecule has 0 spiro atoms. The second-order valence-electron chi connectivity index (χ2n) is 7.08. The van der Waals surface area contributed by atoms with Crippen LogP contribution in [0.2, 0.25) is 0 Å². The van der Waals surface area contributed by atoms with Crippen molar-refractivity contribution in [2.24, 2.45) is 11.1 Å². The topological polar surface area (TPSA) is 64.2 Å². The van der Waals surface area contributed by atoms with Crippen LogP contribution in [0, 0.1) is 5.41 Å². The first-order chi connectivity index (χ1) is 9.81. The van der Waals surface area contributed by atoms with Gasteiger partial charge < -0.3 is 15.2 Å².